The summed E-state index contributed by atoms with van der Waals surface area (Å²) >= 11 is 1.42. The number of nitrogens with one attached hydrogen (secondary N) is 1. The molecule has 1 aliphatic rings. The number of likely N-dealkylation sites (tertiary alicyclic amines) is 1. The monoisotopic (exact) mass is 184 g/mol. The standard InChI is InChI=1S/C7H12N4S/c1-11-3-5(4-11)9-7-2-6(8)10-12-7/h2,5,9H,3-4H2,1H3,(H2,8,10). The third kappa shape index (κ3) is 1.51. The van der Waals surface area contributed by atoms with Crippen molar-refractivity contribution in [1.29, 1.82) is 0 Å². The quantitative estimate of drug-likeness (QED) is 0.700. The van der Waals surface area contributed by atoms with Crippen LogP contribution in [0.1, 0.15) is 0 Å². The minimum atomic E-state index is 0.579. The summed E-state index contributed by atoms with van der Waals surface area (Å²) in [6.07, 6.45) is 0. The molecule has 0 atom stereocenters. The van der Waals surface area contributed by atoms with Crippen molar-refractivity contribution in [2.45, 2.75) is 6.04 Å². The Balaban J connectivity index is 1.88. The van der Waals surface area contributed by atoms with Gasteiger partial charge in [0.05, 0.1) is 6.04 Å². The van der Waals surface area contributed by atoms with Crippen LogP contribution in [0, 0.1) is 0 Å². The number of nitrogens with two attached hydrogens (primary N) is 1. The van der Waals surface area contributed by atoms with Crippen molar-refractivity contribution >= 4 is 22.4 Å². The van der Waals surface area contributed by atoms with E-state index in [1.54, 1.807) is 0 Å². The summed E-state index contributed by atoms with van der Waals surface area (Å²) < 4.78 is 3.99. The number of nitrogens with zero attached hydrogens (tertiary/aromatic N) is 2. The predicted molar refractivity (Wildman–Crippen MR) is 51.4 cm³/mol. The van der Waals surface area contributed by atoms with Gasteiger partial charge in [-0.3, -0.25) is 0 Å². The second-order valence-electron chi connectivity index (χ2n) is 3.18. The highest BCUT2D eigenvalue weighted by atomic mass is 32.1. The SMILES string of the molecule is CN1CC(Nc2cc(N)ns2)C1. The molecule has 0 radical (unpaired) electrons. The molecule has 1 aromatic heterocycles. The van der Waals surface area contributed by atoms with Gasteiger partial charge in [-0.25, -0.2) is 0 Å². The van der Waals surface area contributed by atoms with Gasteiger partial charge in [0.2, 0.25) is 0 Å². The zero-order valence-corrected chi connectivity index (χ0v) is 7.77. The molecule has 0 unspecified atom stereocenters. The normalized spacial score (nSPS) is 19.1. The van der Waals surface area contributed by atoms with Gasteiger partial charge < -0.3 is 16.0 Å². The number of nitrogen functional groups attached to an aromatic ring is 1. The molecule has 0 bridgehead atoms. The molecule has 12 heavy (non-hydrogen) atoms. The van der Waals surface area contributed by atoms with E-state index >= 15 is 0 Å². The van der Waals surface area contributed by atoms with Crippen molar-refractivity contribution in [1.82, 2.24) is 9.27 Å². The Hall–Kier alpha value is -0.810. The molecule has 5 heteroatoms. The van der Waals surface area contributed by atoms with Crippen molar-refractivity contribution in [3.05, 3.63) is 6.07 Å². The van der Waals surface area contributed by atoms with Crippen LogP contribution in [-0.4, -0.2) is 35.5 Å². The predicted octanol–water partition coefficient (Wildman–Crippen LogP) is 0.451. The molecule has 1 saturated heterocycles. The fraction of sp³-hybridized carbons (Fsp3) is 0.571. The number of hydrogen-bond acceptors (Lipinski definition) is 5. The maximum Gasteiger partial charge on any atom is 0.139 e. The van der Waals surface area contributed by atoms with E-state index in [-0.39, 0.29) is 0 Å². The summed E-state index contributed by atoms with van der Waals surface area (Å²) in [5.41, 5.74) is 5.49. The summed E-state index contributed by atoms with van der Waals surface area (Å²) in [6, 6.07) is 2.46. The Labute approximate surface area is 75.5 Å². The molecule has 0 saturated carbocycles. The third-order valence-corrected chi connectivity index (χ3v) is 2.67. The lowest BCUT2D eigenvalue weighted by atomic mass is 10.1. The molecule has 4 nitrogen and oxygen atoms in total. The van der Waals surface area contributed by atoms with Gasteiger partial charge in [-0.15, -0.1) is 0 Å². The molecule has 2 heterocycles. The van der Waals surface area contributed by atoms with Gasteiger partial charge in [-0.05, 0) is 18.6 Å². The maximum atomic E-state index is 5.49. The van der Waals surface area contributed by atoms with Crippen LogP contribution in [0.3, 0.4) is 0 Å². The first-order chi connectivity index (χ1) is 5.74. The molecule has 1 aromatic rings. The molecular weight excluding hydrogens is 172 g/mol. The fourth-order valence-corrected chi connectivity index (χ4v) is 2.00. The highest BCUT2D eigenvalue weighted by Gasteiger charge is 2.22. The van der Waals surface area contributed by atoms with Crippen molar-refractivity contribution in [3.63, 3.8) is 0 Å². The second-order valence-corrected chi connectivity index (χ2v) is 3.98. The zero-order valence-electron chi connectivity index (χ0n) is 6.95. The van der Waals surface area contributed by atoms with Crippen LogP contribution >= 0.6 is 11.5 Å². The highest BCUT2D eigenvalue weighted by molar-refractivity contribution is 7.10. The van der Waals surface area contributed by atoms with Crippen LogP contribution in [0.2, 0.25) is 0 Å². The number of hydrogen-bond donors (Lipinski definition) is 2. The van der Waals surface area contributed by atoms with Gasteiger partial charge >= 0.3 is 0 Å². The molecule has 1 aliphatic heterocycles. The van der Waals surface area contributed by atoms with Crippen molar-refractivity contribution in [2.75, 3.05) is 31.2 Å². The van der Waals surface area contributed by atoms with E-state index in [1.165, 1.54) is 11.5 Å². The van der Waals surface area contributed by atoms with Gasteiger partial charge in [0, 0.05) is 19.2 Å². The van der Waals surface area contributed by atoms with Gasteiger partial charge in [-0.1, -0.05) is 0 Å². The number of rotatable bonds is 2. The number of anilines is 2. The average Bonchev–Trinajstić information content (AvgIpc) is 2.33. The van der Waals surface area contributed by atoms with Gasteiger partial charge in [-0.2, -0.15) is 4.37 Å². The molecular formula is C7H12N4S. The van der Waals surface area contributed by atoms with Gasteiger partial charge in [0.25, 0.3) is 0 Å². The lowest BCUT2D eigenvalue weighted by molar-refractivity contribution is 0.205. The molecule has 1 fully saturated rings. The smallest absolute Gasteiger partial charge is 0.139 e. The van der Waals surface area contributed by atoms with E-state index < -0.39 is 0 Å². The van der Waals surface area contributed by atoms with E-state index in [0.29, 0.717) is 11.9 Å². The van der Waals surface area contributed by atoms with Gasteiger partial charge in [0.15, 0.2) is 0 Å². The van der Waals surface area contributed by atoms with E-state index in [1.807, 2.05) is 6.07 Å². The summed E-state index contributed by atoms with van der Waals surface area (Å²) in [5.74, 6) is 0.607. The van der Waals surface area contributed by atoms with Crippen molar-refractivity contribution in [3.8, 4) is 0 Å². The lowest BCUT2D eigenvalue weighted by Gasteiger charge is -2.36. The first-order valence-corrected chi connectivity index (χ1v) is 4.68. The minimum absolute atomic E-state index is 0.579. The van der Waals surface area contributed by atoms with Crippen LogP contribution in [-0.2, 0) is 0 Å². The van der Waals surface area contributed by atoms with E-state index in [9.17, 15) is 0 Å². The third-order valence-electron chi connectivity index (χ3n) is 1.94. The first kappa shape index (κ1) is 7.82. The molecule has 0 aliphatic carbocycles. The number of aromatic nitrogens is 1. The summed E-state index contributed by atoms with van der Waals surface area (Å²) in [5, 5.41) is 4.44. The molecule has 0 aromatic carbocycles. The fourth-order valence-electron chi connectivity index (χ4n) is 1.35. The Morgan fingerprint density at radius 1 is 1.75 bits per heavy atom. The van der Waals surface area contributed by atoms with Crippen LogP contribution < -0.4 is 11.1 Å². The van der Waals surface area contributed by atoms with E-state index in [2.05, 4.69) is 21.6 Å². The first-order valence-electron chi connectivity index (χ1n) is 3.91. The Bertz CT molecular complexity index is 266. The Kier molecular flexibility index (Phi) is 1.90. The highest BCUT2D eigenvalue weighted by Crippen LogP contribution is 2.20. The van der Waals surface area contributed by atoms with Crippen LogP contribution in [0.15, 0.2) is 6.07 Å². The average molecular weight is 184 g/mol. The summed E-state index contributed by atoms with van der Waals surface area (Å²) in [4.78, 5) is 2.27. The summed E-state index contributed by atoms with van der Waals surface area (Å²) in [6.45, 7) is 2.22. The minimum Gasteiger partial charge on any atom is -0.383 e. The Morgan fingerprint density at radius 3 is 3.00 bits per heavy atom. The maximum absolute atomic E-state index is 5.49. The van der Waals surface area contributed by atoms with Crippen molar-refractivity contribution in [2.24, 2.45) is 0 Å². The topological polar surface area (TPSA) is 54.2 Å². The van der Waals surface area contributed by atoms with E-state index in [0.717, 1.165) is 18.1 Å². The van der Waals surface area contributed by atoms with Crippen molar-refractivity contribution < 1.29 is 0 Å². The van der Waals surface area contributed by atoms with Crippen LogP contribution in [0.5, 0.6) is 0 Å². The molecule has 2 rings (SSSR count). The molecule has 3 N–H and O–H groups in total. The van der Waals surface area contributed by atoms with Crippen LogP contribution in [0.25, 0.3) is 0 Å². The largest absolute Gasteiger partial charge is 0.383 e. The molecule has 0 spiro atoms. The van der Waals surface area contributed by atoms with E-state index in [4.69, 9.17) is 5.73 Å². The Morgan fingerprint density at radius 2 is 2.50 bits per heavy atom. The van der Waals surface area contributed by atoms with Crippen LogP contribution in [0.4, 0.5) is 10.8 Å². The lowest BCUT2D eigenvalue weighted by Crippen LogP contribution is -2.52. The van der Waals surface area contributed by atoms with Gasteiger partial charge in [0.1, 0.15) is 10.8 Å². The molecule has 66 valence electrons. The zero-order chi connectivity index (χ0) is 8.55. The number of likely N-dealkylation sites (N-methyl/N-ethyl adjacent to an activating group) is 1. The molecule has 0 amide bonds. The summed E-state index contributed by atoms with van der Waals surface area (Å²) in [7, 11) is 2.11. The second kappa shape index (κ2) is 2.91.